The summed E-state index contributed by atoms with van der Waals surface area (Å²) >= 11 is 0. The highest BCUT2D eigenvalue weighted by Crippen LogP contribution is 2.62. The first-order valence-corrected chi connectivity index (χ1v) is 17.2. The van der Waals surface area contributed by atoms with Gasteiger partial charge in [0.2, 0.25) is 0 Å². The van der Waals surface area contributed by atoms with Gasteiger partial charge in [-0.2, -0.15) is 5.26 Å². The Labute approximate surface area is 301 Å². The van der Waals surface area contributed by atoms with E-state index in [0.29, 0.717) is 23.0 Å². The maximum atomic E-state index is 9.42. The van der Waals surface area contributed by atoms with E-state index in [-0.39, 0.29) is 0 Å². The van der Waals surface area contributed by atoms with Crippen LogP contribution in [0.3, 0.4) is 0 Å². The smallest absolute Gasteiger partial charge is 0.164 e. The predicted octanol–water partition coefficient (Wildman–Crippen LogP) is 10.9. The minimum Gasteiger partial charge on any atom is -0.457 e. The van der Waals surface area contributed by atoms with Gasteiger partial charge >= 0.3 is 0 Å². The fourth-order valence-corrected chi connectivity index (χ4v) is 7.92. The molecule has 8 aromatic rings. The van der Waals surface area contributed by atoms with Crippen molar-refractivity contribution in [3.63, 3.8) is 0 Å². The van der Waals surface area contributed by atoms with E-state index < -0.39 is 5.41 Å². The summed E-state index contributed by atoms with van der Waals surface area (Å²) in [6.45, 7) is 0. The molecule has 1 spiro atoms. The quantitative estimate of drug-likeness (QED) is 0.187. The van der Waals surface area contributed by atoms with Crippen LogP contribution in [0.5, 0.6) is 11.5 Å². The standard InChI is InChI=1S/C47H28N4O/c48-29-30-11-10-14-34(27-30)31-21-23-33(24-22-31)45-49-44(32-12-2-1-3-13-32)50-46(51-45)35-25-26-37-36-15-4-5-16-38(36)47(41(37)28-35)39-17-6-8-19-42(39)52-43-20-9-7-18-40(43)47/h1-28H. The van der Waals surface area contributed by atoms with Crippen LogP contribution in [-0.4, -0.2) is 15.0 Å². The van der Waals surface area contributed by atoms with Gasteiger partial charge < -0.3 is 4.74 Å². The third-order valence-corrected chi connectivity index (χ3v) is 10.2. The zero-order valence-corrected chi connectivity index (χ0v) is 27.9. The molecule has 0 N–H and O–H groups in total. The van der Waals surface area contributed by atoms with Crippen molar-refractivity contribution in [3.05, 3.63) is 198 Å². The predicted molar refractivity (Wildman–Crippen MR) is 204 cm³/mol. The fraction of sp³-hybridized carbons (Fsp3) is 0.0213. The van der Waals surface area contributed by atoms with Crippen molar-refractivity contribution in [1.29, 1.82) is 5.26 Å². The second-order valence-corrected chi connectivity index (χ2v) is 13.1. The highest BCUT2D eigenvalue weighted by Gasteiger charge is 2.51. The molecule has 0 saturated carbocycles. The van der Waals surface area contributed by atoms with Crippen molar-refractivity contribution in [3.8, 4) is 74.0 Å². The summed E-state index contributed by atoms with van der Waals surface area (Å²) in [5.74, 6) is 3.49. The van der Waals surface area contributed by atoms with Gasteiger partial charge in [-0.1, -0.05) is 140 Å². The van der Waals surface area contributed by atoms with Gasteiger partial charge in [-0.25, -0.2) is 15.0 Å². The molecule has 0 atom stereocenters. The molecule has 1 aliphatic heterocycles. The Hall–Kier alpha value is -7.16. The Balaban J connectivity index is 1.17. The van der Waals surface area contributed by atoms with Crippen LogP contribution in [0.15, 0.2) is 170 Å². The molecule has 52 heavy (non-hydrogen) atoms. The molecule has 7 aromatic carbocycles. The number of fused-ring (bicyclic) bond motifs is 9. The largest absolute Gasteiger partial charge is 0.457 e. The summed E-state index contributed by atoms with van der Waals surface area (Å²) in [6, 6.07) is 60.2. The summed E-state index contributed by atoms with van der Waals surface area (Å²) in [7, 11) is 0. The molecule has 2 heterocycles. The molecule has 0 saturated heterocycles. The topological polar surface area (TPSA) is 71.7 Å². The summed E-state index contributed by atoms with van der Waals surface area (Å²) in [5.41, 5.74) is 11.7. The molecule has 0 bridgehead atoms. The number of nitriles is 1. The van der Waals surface area contributed by atoms with E-state index in [1.807, 2.05) is 91.0 Å². The molecule has 242 valence electrons. The maximum absolute atomic E-state index is 9.42. The lowest BCUT2D eigenvalue weighted by atomic mass is 9.66. The third-order valence-electron chi connectivity index (χ3n) is 10.2. The van der Waals surface area contributed by atoms with Crippen molar-refractivity contribution in [2.45, 2.75) is 5.41 Å². The lowest BCUT2D eigenvalue weighted by Gasteiger charge is -2.39. The first kappa shape index (κ1) is 29.7. The first-order chi connectivity index (χ1) is 25.7. The summed E-state index contributed by atoms with van der Waals surface area (Å²) < 4.78 is 6.54. The van der Waals surface area contributed by atoms with Crippen LogP contribution in [-0.2, 0) is 5.41 Å². The number of nitrogens with zero attached hydrogens (tertiary/aromatic N) is 4. The molecule has 0 amide bonds. The second-order valence-electron chi connectivity index (χ2n) is 13.1. The zero-order chi connectivity index (χ0) is 34.6. The van der Waals surface area contributed by atoms with Gasteiger partial charge in [-0.3, -0.25) is 0 Å². The molecule has 0 radical (unpaired) electrons. The molecule has 10 rings (SSSR count). The number of ether oxygens (including phenoxy) is 1. The maximum Gasteiger partial charge on any atom is 0.164 e. The van der Waals surface area contributed by atoms with Crippen molar-refractivity contribution < 1.29 is 4.74 Å². The number of para-hydroxylation sites is 2. The third kappa shape index (κ3) is 4.52. The van der Waals surface area contributed by atoms with Crippen LogP contribution in [0, 0.1) is 11.3 Å². The molecular weight excluding hydrogens is 637 g/mol. The van der Waals surface area contributed by atoms with Crippen molar-refractivity contribution >= 4 is 0 Å². The summed E-state index contributed by atoms with van der Waals surface area (Å²) in [6.07, 6.45) is 0. The lowest BCUT2D eigenvalue weighted by Crippen LogP contribution is -2.32. The highest BCUT2D eigenvalue weighted by molar-refractivity contribution is 5.90. The second kappa shape index (κ2) is 11.7. The van der Waals surface area contributed by atoms with Crippen LogP contribution < -0.4 is 4.74 Å². The fourth-order valence-electron chi connectivity index (χ4n) is 7.92. The average Bonchev–Trinajstić information content (AvgIpc) is 3.51. The molecule has 0 fully saturated rings. The molecular formula is C47H28N4O. The highest BCUT2D eigenvalue weighted by atomic mass is 16.5. The summed E-state index contributed by atoms with van der Waals surface area (Å²) in [4.78, 5) is 15.2. The average molecular weight is 665 g/mol. The first-order valence-electron chi connectivity index (χ1n) is 17.2. The van der Waals surface area contributed by atoms with Gasteiger partial charge in [0.1, 0.15) is 11.5 Å². The molecule has 1 aliphatic carbocycles. The van der Waals surface area contributed by atoms with E-state index in [4.69, 9.17) is 19.7 Å². The molecule has 5 nitrogen and oxygen atoms in total. The van der Waals surface area contributed by atoms with E-state index in [1.54, 1.807) is 0 Å². The number of hydrogen-bond acceptors (Lipinski definition) is 5. The Morgan fingerprint density at radius 3 is 1.62 bits per heavy atom. The Kier molecular flexibility index (Phi) is 6.70. The molecule has 1 aromatic heterocycles. The van der Waals surface area contributed by atoms with Gasteiger partial charge in [0.15, 0.2) is 17.5 Å². The van der Waals surface area contributed by atoms with E-state index >= 15 is 0 Å². The molecule has 2 aliphatic rings. The van der Waals surface area contributed by atoms with Crippen molar-refractivity contribution in [2.24, 2.45) is 0 Å². The van der Waals surface area contributed by atoms with Gasteiger partial charge in [0.05, 0.1) is 17.0 Å². The minimum atomic E-state index is -0.593. The monoisotopic (exact) mass is 664 g/mol. The van der Waals surface area contributed by atoms with E-state index in [9.17, 15) is 5.26 Å². The van der Waals surface area contributed by atoms with E-state index in [0.717, 1.165) is 50.4 Å². The Bertz CT molecular complexity index is 2680. The van der Waals surface area contributed by atoms with Crippen molar-refractivity contribution in [2.75, 3.05) is 0 Å². The van der Waals surface area contributed by atoms with Gasteiger partial charge in [0.25, 0.3) is 0 Å². The lowest BCUT2D eigenvalue weighted by molar-refractivity contribution is 0.436. The van der Waals surface area contributed by atoms with Crippen LogP contribution in [0.25, 0.3) is 56.4 Å². The summed E-state index contributed by atoms with van der Waals surface area (Å²) in [5, 5.41) is 9.42. The van der Waals surface area contributed by atoms with E-state index in [1.165, 1.54) is 22.3 Å². The van der Waals surface area contributed by atoms with Crippen LogP contribution in [0.4, 0.5) is 0 Å². The van der Waals surface area contributed by atoms with Gasteiger partial charge in [-0.05, 0) is 63.7 Å². The zero-order valence-electron chi connectivity index (χ0n) is 27.9. The normalized spacial score (nSPS) is 12.9. The number of benzene rings is 7. The Morgan fingerprint density at radius 2 is 0.923 bits per heavy atom. The molecule has 0 unspecified atom stereocenters. The minimum absolute atomic E-state index is 0.585. The Morgan fingerprint density at radius 1 is 0.404 bits per heavy atom. The number of rotatable bonds is 4. The molecule has 5 heteroatoms. The van der Waals surface area contributed by atoms with Crippen molar-refractivity contribution in [1.82, 2.24) is 15.0 Å². The number of hydrogen-bond donors (Lipinski definition) is 0. The SMILES string of the molecule is N#Cc1cccc(-c2ccc(-c3nc(-c4ccccc4)nc(-c4ccc5c(c4)C4(c6ccccc6Oc6ccccc64)c4ccccc4-5)n3)cc2)c1. The van der Waals surface area contributed by atoms with E-state index in [2.05, 4.69) is 84.9 Å². The van der Waals surface area contributed by atoms with Crippen LogP contribution in [0.2, 0.25) is 0 Å². The van der Waals surface area contributed by atoms with Gasteiger partial charge in [0, 0.05) is 27.8 Å². The number of aromatic nitrogens is 3. The van der Waals surface area contributed by atoms with Crippen LogP contribution in [0.1, 0.15) is 27.8 Å². The van der Waals surface area contributed by atoms with Gasteiger partial charge in [-0.15, -0.1) is 0 Å². The van der Waals surface area contributed by atoms with Crippen LogP contribution >= 0.6 is 0 Å².